The SMILES string of the molecule is C=CCOc1c(Br)cc(/C=C2\C(=O)NC(=O)N(c3ccc(C(=O)OC)cc3)C2=O)cc1OC. The van der Waals surface area contributed by atoms with Gasteiger partial charge in [0, 0.05) is 0 Å². The molecule has 0 spiro atoms. The Hall–Kier alpha value is -3.92. The normalized spacial score (nSPS) is 14.7. The Morgan fingerprint density at radius 3 is 2.45 bits per heavy atom. The summed E-state index contributed by atoms with van der Waals surface area (Å²) in [4.78, 5) is 50.3. The summed E-state index contributed by atoms with van der Waals surface area (Å²) in [5.41, 5.74) is 0.614. The molecule has 170 valence electrons. The van der Waals surface area contributed by atoms with Gasteiger partial charge in [-0.2, -0.15) is 0 Å². The van der Waals surface area contributed by atoms with Crippen molar-refractivity contribution in [2.45, 2.75) is 0 Å². The molecule has 0 bridgehead atoms. The van der Waals surface area contributed by atoms with Gasteiger partial charge in [0.2, 0.25) is 0 Å². The maximum Gasteiger partial charge on any atom is 0.337 e. The average Bonchev–Trinajstić information content (AvgIpc) is 2.80. The number of carbonyl (C=O) groups is 4. The number of halogens is 1. The molecule has 2 aromatic carbocycles. The van der Waals surface area contributed by atoms with Gasteiger partial charge in [-0.15, -0.1) is 0 Å². The molecule has 10 heteroatoms. The first-order valence-electron chi connectivity index (χ1n) is 9.51. The van der Waals surface area contributed by atoms with Crippen molar-refractivity contribution in [1.29, 1.82) is 0 Å². The molecule has 1 N–H and O–H groups in total. The number of nitrogens with zero attached hydrogens (tertiary/aromatic N) is 1. The van der Waals surface area contributed by atoms with Gasteiger partial charge in [0.15, 0.2) is 11.5 Å². The summed E-state index contributed by atoms with van der Waals surface area (Å²) in [5, 5.41) is 2.15. The van der Waals surface area contributed by atoms with Crippen molar-refractivity contribution >= 4 is 51.5 Å². The summed E-state index contributed by atoms with van der Waals surface area (Å²) in [6.07, 6.45) is 2.92. The quantitative estimate of drug-likeness (QED) is 0.260. The summed E-state index contributed by atoms with van der Waals surface area (Å²) >= 11 is 3.39. The van der Waals surface area contributed by atoms with Crippen LogP contribution in [0.25, 0.3) is 6.08 Å². The molecule has 1 fully saturated rings. The predicted octanol–water partition coefficient (Wildman–Crippen LogP) is 3.48. The van der Waals surface area contributed by atoms with E-state index in [1.54, 1.807) is 18.2 Å². The number of methoxy groups -OCH3 is 2. The van der Waals surface area contributed by atoms with Crippen LogP contribution < -0.4 is 19.7 Å². The minimum Gasteiger partial charge on any atom is -0.493 e. The highest BCUT2D eigenvalue weighted by Crippen LogP contribution is 2.37. The highest BCUT2D eigenvalue weighted by molar-refractivity contribution is 9.10. The van der Waals surface area contributed by atoms with E-state index in [1.807, 2.05) is 0 Å². The Kier molecular flexibility index (Phi) is 7.29. The van der Waals surface area contributed by atoms with Crippen LogP contribution in [0.1, 0.15) is 15.9 Å². The minimum absolute atomic E-state index is 0.176. The summed E-state index contributed by atoms with van der Waals surface area (Å²) < 4.78 is 16.1. The van der Waals surface area contributed by atoms with Crippen molar-refractivity contribution in [3.8, 4) is 11.5 Å². The van der Waals surface area contributed by atoms with Crippen LogP contribution in [0.3, 0.4) is 0 Å². The molecule has 1 aliphatic rings. The standard InChI is InChI=1S/C23H19BrN2O7/c1-4-9-33-19-17(24)11-13(12-18(19)31-2)10-16-20(27)25-23(30)26(21(16)28)15-7-5-14(6-8-15)22(29)32-3/h4-8,10-12H,1,9H2,2-3H3,(H,25,27,30)/b16-10+. The molecular formula is C23H19BrN2O7. The smallest absolute Gasteiger partial charge is 0.337 e. The lowest BCUT2D eigenvalue weighted by molar-refractivity contribution is -0.122. The molecule has 0 unspecified atom stereocenters. The first-order valence-corrected chi connectivity index (χ1v) is 10.3. The lowest BCUT2D eigenvalue weighted by Gasteiger charge is -2.26. The Morgan fingerprint density at radius 1 is 1.15 bits per heavy atom. The van der Waals surface area contributed by atoms with E-state index in [2.05, 4.69) is 32.6 Å². The van der Waals surface area contributed by atoms with Crippen molar-refractivity contribution in [2.75, 3.05) is 25.7 Å². The van der Waals surface area contributed by atoms with Gasteiger partial charge in [-0.3, -0.25) is 14.9 Å². The van der Waals surface area contributed by atoms with Crippen molar-refractivity contribution in [1.82, 2.24) is 5.32 Å². The number of benzene rings is 2. The third kappa shape index (κ3) is 4.96. The number of rotatable bonds is 7. The van der Waals surface area contributed by atoms with Crippen LogP contribution in [0.4, 0.5) is 10.5 Å². The molecule has 0 atom stereocenters. The van der Waals surface area contributed by atoms with E-state index in [4.69, 9.17) is 9.47 Å². The molecule has 0 radical (unpaired) electrons. The lowest BCUT2D eigenvalue weighted by atomic mass is 10.1. The first-order chi connectivity index (χ1) is 15.8. The van der Waals surface area contributed by atoms with Crippen LogP contribution >= 0.6 is 15.9 Å². The zero-order valence-corrected chi connectivity index (χ0v) is 19.3. The average molecular weight is 515 g/mol. The van der Waals surface area contributed by atoms with Gasteiger partial charge in [0.1, 0.15) is 12.2 Å². The molecule has 1 saturated heterocycles. The number of hydrogen-bond donors (Lipinski definition) is 1. The highest BCUT2D eigenvalue weighted by atomic mass is 79.9. The molecule has 0 saturated carbocycles. The second-order valence-corrected chi connectivity index (χ2v) is 7.48. The largest absolute Gasteiger partial charge is 0.493 e. The topological polar surface area (TPSA) is 111 Å². The maximum atomic E-state index is 13.1. The molecule has 0 aliphatic carbocycles. The molecule has 9 nitrogen and oxygen atoms in total. The number of nitrogens with one attached hydrogen (secondary N) is 1. The van der Waals surface area contributed by atoms with E-state index in [0.717, 1.165) is 4.90 Å². The molecule has 33 heavy (non-hydrogen) atoms. The van der Waals surface area contributed by atoms with Gasteiger partial charge in [-0.25, -0.2) is 14.5 Å². The molecule has 1 aliphatic heterocycles. The van der Waals surface area contributed by atoms with Crippen LogP contribution in [-0.2, 0) is 14.3 Å². The van der Waals surface area contributed by atoms with Gasteiger partial charge < -0.3 is 14.2 Å². The van der Waals surface area contributed by atoms with Gasteiger partial charge in [-0.1, -0.05) is 12.7 Å². The van der Waals surface area contributed by atoms with Crippen LogP contribution in [-0.4, -0.2) is 44.6 Å². The molecule has 4 amide bonds. The number of barbiturate groups is 1. The number of anilines is 1. The van der Waals surface area contributed by atoms with E-state index < -0.39 is 23.8 Å². The van der Waals surface area contributed by atoms with Crippen molar-refractivity contribution < 1.29 is 33.4 Å². The summed E-state index contributed by atoms with van der Waals surface area (Å²) in [6.45, 7) is 3.85. The second kappa shape index (κ2) is 10.1. The summed E-state index contributed by atoms with van der Waals surface area (Å²) in [6, 6.07) is 7.95. The molecule has 3 rings (SSSR count). The van der Waals surface area contributed by atoms with Crippen LogP contribution in [0.5, 0.6) is 11.5 Å². The summed E-state index contributed by atoms with van der Waals surface area (Å²) in [5.74, 6) is -1.42. The molecular weight excluding hydrogens is 496 g/mol. The van der Waals surface area contributed by atoms with E-state index in [-0.39, 0.29) is 23.4 Å². The summed E-state index contributed by atoms with van der Waals surface area (Å²) in [7, 11) is 2.70. The Morgan fingerprint density at radius 2 is 1.85 bits per heavy atom. The number of amides is 4. The van der Waals surface area contributed by atoms with Crippen molar-refractivity contribution in [2.24, 2.45) is 0 Å². The second-order valence-electron chi connectivity index (χ2n) is 6.63. The number of hydrogen-bond acceptors (Lipinski definition) is 7. The van der Waals surface area contributed by atoms with Gasteiger partial charge in [-0.05, 0) is 64.0 Å². The maximum absolute atomic E-state index is 13.1. The fourth-order valence-electron chi connectivity index (χ4n) is 3.03. The van der Waals surface area contributed by atoms with Crippen molar-refractivity contribution in [3.05, 3.63) is 70.2 Å². The zero-order chi connectivity index (χ0) is 24.1. The number of imide groups is 2. The number of carbonyl (C=O) groups excluding carboxylic acids is 4. The number of esters is 1. The third-order valence-electron chi connectivity index (χ3n) is 4.56. The van der Waals surface area contributed by atoms with E-state index in [0.29, 0.717) is 21.5 Å². The fourth-order valence-corrected chi connectivity index (χ4v) is 3.60. The number of urea groups is 1. The van der Waals surface area contributed by atoms with Gasteiger partial charge in [0.05, 0.1) is 29.9 Å². The Labute approximate surface area is 197 Å². The molecule has 2 aromatic rings. The van der Waals surface area contributed by atoms with Crippen LogP contribution in [0, 0.1) is 0 Å². The Balaban J connectivity index is 1.98. The monoisotopic (exact) mass is 514 g/mol. The highest BCUT2D eigenvalue weighted by Gasteiger charge is 2.37. The predicted molar refractivity (Wildman–Crippen MR) is 123 cm³/mol. The first kappa shape index (κ1) is 23.7. The minimum atomic E-state index is -0.903. The Bertz CT molecular complexity index is 1170. The molecule has 1 heterocycles. The van der Waals surface area contributed by atoms with Gasteiger partial charge in [0.25, 0.3) is 11.8 Å². The molecule has 0 aromatic heterocycles. The zero-order valence-electron chi connectivity index (χ0n) is 17.7. The number of ether oxygens (including phenoxy) is 3. The van der Waals surface area contributed by atoms with Crippen LogP contribution in [0.15, 0.2) is 59.1 Å². The van der Waals surface area contributed by atoms with Gasteiger partial charge >= 0.3 is 12.0 Å². The lowest BCUT2D eigenvalue weighted by Crippen LogP contribution is -2.54. The van der Waals surface area contributed by atoms with Crippen molar-refractivity contribution in [3.63, 3.8) is 0 Å². The third-order valence-corrected chi connectivity index (χ3v) is 5.15. The van der Waals surface area contributed by atoms with Crippen LogP contribution in [0.2, 0.25) is 0 Å². The van der Waals surface area contributed by atoms with E-state index in [1.165, 1.54) is 44.6 Å². The van der Waals surface area contributed by atoms with E-state index in [9.17, 15) is 19.2 Å². The van der Waals surface area contributed by atoms with E-state index >= 15 is 0 Å². The fraction of sp³-hybridized carbons (Fsp3) is 0.130.